The van der Waals surface area contributed by atoms with Crippen molar-refractivity contribution in [3.63, 3.8) is 0 Å². The van der Waals surface area contributed by atoms with Gasteiger partial charge < -0.3 is 5.11 Å². The predicted octanol–water partition coefficient (Wildman–Crippen LogP) is 3.02. The highest BCUT2D eigenvalue weighted by atomic mass is 32.2. The summed E-state index contributed by atoms with van der Waals surface area (Å²) in [5.74, 6) is 0.967. The van der Waals surface area contributed by atoms with Crippen molar-refractivity contribution < 1.29 is 13.5 Å². The fourth-order valence-electron chi connectivity index (χ4n) is 4.45. The van der Waals surface area contributed by atoms with E-state index in [9.17, 15) is 13.5 Å². The molecule has 0 heterocycles. The molecule has 2 N–H and O–H groups in total. The van der Waals surface area contributed by atoms with E-state index in [0.717, 1.165) is 24.0 Å². The van der Waals surface area contributed by atoms with Gasteiger partial charge >= 0.3 is 0 Å². The zero-order valence-electron chi connectivity index (χ0n) is 14.8. The van der Waals surface area contributed by atoms with Crippen molar-refractivity contribution in [1.82, 2.24) is 4.72 Å². The van der Waals surface area contributed by atoms with Crippen LogP contribution in [0.2, 0.25) is 0 Å². The van der Waals surface area contributed by atoms with Gasteiger partial charge in [0.1, 0.15) is 0 Å². The Labute approximate surface area is 145 Å². The van der Waals surface area contributed by atoms with Crippen LogP contribution < -0.4 is 4.72 Å². The summed E-state index contributed by atoms with van der Waals surface area (Å²) >= 11 is 0. The fourth-order valence-corrected chi connectivity index (χ4v) is 6.76. The lowest BCUT2D eigenvalue weighted by Crippen LogP contribution is -2.46. The highest BCUT2D eigenvalue weighted by molar-refractivity contribution is 7.90. The summed E-state index contributed by atoms with van der Waals surface area (Å²) in [4.78, 5) is 0. The van der Waals surface area contributed by atoms with Crippen molar-refractivity contribution in [2.24, 2.45) is 17.8 Å². The molecule has 0 radical (unpaired) electrons. The van der Waals surface area contributed by atoms with Gasteiger partial charge in [-0.25, -0.2) is 13.1 Å². The van der Waals surface area contributed by atoms with Crippen LogP contribution in [0.5, 0.6) is 0 Å². The van der Waals surface area contributed by atoms with Crippen LogP contribution in [-0.4, -0.2) is 24.9 Å². The quantitative estimate of drug-likeness (QED) is 0.876. The van der Waals surface area contributed by atoms with Gasteiger partial charge in [0.2, 0.25) is 10.0 Å². The minimum Gasteiger partial charge on any atom is -0.391 e. The Morgan fingerprint density at radius 1 is 1.21 bits per heavy atom. The van der Waals surface area contributed by atoms with Gasteiger partial charge in [-0.1, -0.05) is 51.5 Å². The van der Waals surface area contributed by atoms with E-state index < -0.39 is 22.2 Å². The highest BCUT2D eigenvalue weighted by Crippen LogP contribution is 2.39. The van der Waals surface area contributed by atoms with Crippen LogP contribution in [-0.2, 0) is 16.4 Å². The lowest BCUT2D eigenvalue weighted by atomic mass is 9.77. The van der Waals surface area contributed by atoms with Crippen molar-refractivity contribution >= 4 is 10.0 Å². The van der Waals surface area contributed by atoms with E-state index in [0.29, 0.717) is 24.7 Å². The molecule has 24 heavy (non-hydrogen) atoms. The van der Waals surface area contributed by atoms with Crippen molar-refractivity contribution in [3.05, 3.63) is 35.4 Å². The zero-order valence-corrected chi connectivity index (χ0v) is 15.6. The number of benzene rings is 1. The minimum atomic E-state index is -3.48. The molecule has 0 saturated heterocycles. The maximum absolute atomic E-state index is 13.1. The largest absolute Gasteiger partial charge is 0.391 e. The Morgan fingerprint density at radius 2 is 1.92 bits per heavy atom. The molecule has 4 nitrogen and oxygen atoms in total. The van der Waals surface area contributed by atoms with Gasteiger partial charge in [-0.2, -0.15) is 0 Å². The van der Waals surface area contributed by atoms with Crippen LogP contribution in [0.1, 0.15) is 57.2 Å². The molecule has 3 rings (SSSR count). The molecule has 1 saturated carbocycles. The number of nitrogens with one attached hydrogen (secondary N) is 1. The van der Waals surface area contributed by atoms with Crippen molar-refractivity contribution in [3.8, 4) is 0 Å². The molecule has 1 aromatic carbocycles. The third-order valence-electron chi connectivity index (χ3n) is 5.86. The zero-order chi connectivity index (χ0) is 17.5. The molecule has 2 aliphatic carbocycles. The topological polar surface area (TPSA) is 66.4 Å². The Bertz CT molecular complexity index is 686. The van der Waals surface area contributed by atoms with E-state index in [1.807, 2.05) is 24.3 Å². The lowest BCUT2D eigenvalue weighted by Gasteiger charge is -2.37. The second kappa shape index (κ2) is 6.77. The van der Waals surface area contributed by atoms with Gasteiger partial charge in [-0.05, 0) is 41.7 Å². The first-order valence-electron chi connectivity index (χ1n) is 9.06. The standard InChI is InChI=1S/C19H29NO3S/c1-12(2)15-9-8-13(3)10-18(15)24(22,23)20-19-16-7-5-4-6-14(16)11-17(19)21/h4-7,12-13,15,17-21H,8-11H2,1-3H3. The summed E-state index contributed by atoms with van der Waals surface area (Å²) in [7, 11) is -3.48. The van der Waals surface area contributed by atoms with Crippen LogP contribution in [0, 0.1) is 17.8 Å². The second-order valence-electron chi connectivity index (χ2n) is 7.98. The van der Waals surface area contributed by atoms with E-state index in [-0.39, 0.29) is 11.2 Å². The van der Waals surface area contributed by atoms with Crippen molar-refractivity contribution in [2.45, 2.75) is 63.9 Å². The van der Waals surface area contributed by atoms with E-state index in [2.05, 4.69) is 25.5 Å². The predicted molar refractivity (Wildman–Crippen MR) is 96.1 cm³/mol. The van der Waals surface area contributed by atoms with Gasteiger partial charge in [0.05, 0.1) is 17.4 Å². The number of aliphatic hydroxyl groups excluding tert-OH is 1. The molecule has 5 atom stereocenters. The second-order valence-corrected chi connectivity index (χ2v) is 9.91. The number of hydrogen-bond donors (Lipinski definition) is 2. The SMILES string of the molecule is CC1CCC(C(C)C)C(S(=O)(=O)NC2c3ccccc3CC2O)C1. The normalized spacial score (nSPS) is 33.6. The molecule has 5 heteroatoms. The minimum absolute atomic E-state index is 0.187. The average molecular weight is 352 g/mol. The highest BCUT2D eigenvalue weighted by Gasteiger charge is 2.42. The Morgan fingerprint density at radius 3 is 2.62 bits per heavy atom. The number of rotatable bonds is 4. The Hall–Kier alpha value is -0.910. The van der Waals surface area contributed by atoms with Gasteiger partial charge in [-0.3, -0.25) is 0 Å². The number of aliphatic hydroxyl groups is 1. The molecule has 0 amide bonds. The van der Waals surface area contributed by atoms with E-state index in [1.165, 1.54) is 0 Å². The number of sulfonamides is 1. The summed E-state index contributed by atoms with van der Waals surface area (Å²) in [5.41, 5.74) is 1.95. The molecule has 1 aromatic rings. The first-order valence-corrected chi connectivity index (χ1v) is 10.6. The Kier molecular flexibility index (Phi) is 5.05. The molecular weight excluding hydrogens is 322 g/mol. The molecule has 2 aliphatic rings. The van der Waals surface area contributed by atoms with E-state index in [4.69, 9.17) is 0 Å². The Balaban J connectivity index is 1.85. The monoisotopic (exact) mass is 351 g/mol. The summed E-state index contributed by atoms with van der Waals surface area (Å²) in [6, 6.07) is 7.20. The lowest BCUT2D eigenvalue weighted by molar-refractivity contribution is 0.150. The van der Waals surface area contributed by atoms with Crippen LogP contribution in [0.3, 0.4) is 0 Å². The molecule has 0 bridgehead atoms. The molecule has 5 unspecified atom stereocenters. The van der Waals surface area contributed by atoms with Gasteiger partial charge in [0.15, 0.2) is 0 Å². The van der Waals surface area contributed by atoms with Crippen LogP contribution in [0.4, 0.5) is 0 Å². The smallest absolute Gasteiger partial charge is 0.215 e. The summed E-state index contributed by atoms with van der Waals surface area (Å²) < 4.78 is 29.1. The average Bonchev–Trinajstić information content (AvgIpc) is 2.82. The molecule has 0 aromatic heterocycles. The van der Waals surface area contributed by atoms with E-state index in [1.54, 1.807) is 0 Å². The molecule has 1 fully saturated rings. The van der Waals surface area contributed by atoms with Gasteiger partial charge in [-0.15, -0.1) is 0 Å². The van der Waals surface area contributed by atoms with Crippen LogP contribution in [0.25, 0.3) is 0 Å². The fraction of sp³-hybridized carbons (Fsp3) is 0.684. The van der Waals surface area contributed by atoms with Gasteiger partial charge in [0, 0.05) is 6.42 Å². The third kappa shape index (κ3) is 3.39. The third-order valence-corrected chi connectivity index (χ3v) is 7.78. The maximum atomic E-state index is 13.1. The molecule has 0 spiro atoms. The maximum Gasteiger partial charge on any atom is 0.215 e. The summed E-state index contributed by atoms with van der Waals surface area (Å²) in [6.45, 7) is 6.37. The summed E-state index contributed by atoms with van der Waals surface area (Å²) in [6.07, 6.45) is 2.61. The first-order chi connectivity index (χ1) is 11.3. The van der Waals surface area contributed by atoms with E-state index >= 15 is 0 Å². The van der Waals surface area contributed by atoms with Crippen molar-refractivity contribution in [1.29, 1.82) is 0 Å². The summed E-state index contributed by atoms with van der Waals surface area (Å²) in [5, 5.41) is 10.0. The van der Waals surface area contributed by atoms with Crippen LogP contribution in [0.15, 0.2) is 24.3 Å². The number of hydrogen-bond acceptors (Lipinski definition) is 3. The van der Waals surface area contributed by atoms with Crippen molar-refractivity contribution in [2.75, 3.05) is 0 Å². The molecule has 134 valence electrons. The number of fused-ring (bicyclic) bond motifs is 1. The van der Waals surface area contributed by atoms with Crippen LogP contribution >= 0.6 is 0 Å². The molecular formula is C19H29NO3S. The van der Waals surface area contributed by atoms with Gasteiger partial charge in [0.25, 0.3) is 0 Å². The molecule has 0 aliphatic heterocycles. The first kappa shape index (κ1) is 17.9.